The monoisotopic (exact) mass is 384 g/mol. The molecule has 0 saturated carbocycles. The van der Waals surface area contributed by atoms with Crippen LogP contribution in [0.2, 0.25) is 0 Å². The van der Waals surface area contributed by atoms with E-state index in [1.54, 1.807) is 31.2 Å². The summed E-state index contributed by atoms with van der Waals surface area (Å²) < 4.78 is 27.5. The van der Waals surface area contributed by atoms with Gasteiger partial charge in [-0.1, -0.05) is 28.1 Å². The van der Waals surface area contributed by atoms with E-state index in [0.29, 0.717) is 5.69 Å². The Morgan fingerprint density at radius 2 is 1.73 bits per heavy atom. The van der Waals surface area contributed by atoms with Gasteiger partial charge in [0.25, 0.3) is 15.7 Å². The number of nitrogens with zero attached hydrogens (tertiary/aromatic N) is 2. The number of sulfonamides is 1. The van der Waals surface area contributed by atoms with Gasteiger partial charge in [0.1, 0.15) is 0 Å². The Kier molecular flexibility index (Phi) is 4.82. The van der Waals surface area contributed by atoms with Crippen LogP contribution in [-0.2, 0) is 10.0 Å². The molecule has 0 N–H and O–H groups in total. The van der Waals surface area contributed by atoms with Crippen molar-refractivity contribution >= 4 is 37.3 Å². The molecule has 0 saturated heterocycles. The van der Waals surface area contributed by atoms with Crippen LogP contribution in [0.5, 0.6) is 0 Å². The second-order valence-corrected chi connectivity index (χ2v) is 7.12. The molecule has 0 aliphatic carbocycles. The number of halogens is 1. The fourth-order valence-electron chi connectivity index (χ4n) is 2.04. The zero-order valence-electron chi connectivity index (χ0n) is 11.6. The normalized spacial score (nSPS) is 11.2. The zero-order chi connectivity index (χ0) is 16.3. The van der Waals surface area contributed by atoms with Gasteiger partial charge in [-0.15, -0.1) is 0 Å². The Balaban J connectivity index is 2.57. The third-order valence-corrected chi connectivity index (χ3v) is 5.51. The van der Waals surface area contributed by atoms with Gasteiger partial charge in [-0.05, 0) is 37.3 Å². The number of hydrogen-bond acceptors (Lipinski definition) is 4. The first-order chi connectivity index (χ1) is 10.4. The molecule has 8 heteroatoms. The number of rotatable bonds is 5. The van der Waals surface area contributed by atoms with E-state index >= 15 is 0 Å². The van der Waals surface area contributed by atoms with Crippen LogP contribution >= 0.6 is 15.9 Å². The third kappa shape index (κ3) is 3.12. The molecule has 0 radical (unpaired) electrons. The summed E-state index contributed by atoms with van der Waals surface area (Å²) in [6.45, 7) is 1.84. The quantitative estimate of drug-likeness (QED) is 0.582. The fourth-order valence-corrected chi connectivity index (χ4v) is 3.94. The van der Waals surface area contributed by atoms with Crippen LogP contribution in [0.25, 0.3) is 0 Å². The van der Waals surface area contributed by atoms with Crippen LogP contribution in [0.1, 0.15) is 6.92 Å². The first-order valence-electron chi connectivity index (χ1n) is 6.39. The van der Waals surface area contributed by atoms with E-state index in [2.05, 4.69) is 15.9 Å². The van der Waals surface area contributed by atoms with E-state index in [0.717, 1.165) is 8.78 Å². The molecule has 116 valence electrons. The molecule has 0 amide bonds. The van der Waals surface area contributed by atoms with Gasteiger partial charge in [0, 0.05) is 17.1 Å². The number of nitro benzene ring substituents is 1. The first kappa shape index (κ1) is 16.4. The lowest BCUT2D eigenvalue weighted by Gasteiger charge is -2.22. The summed E-state index contributed by atoms with van der Waals surface area (Å²) in [7, 11) is -4.02. The van der Waals surface area contributed by atoms with Crippen LogP contribution in [0, 0.1) is 10.1 Å². The largest absolute Gasteiger partial charge is 0.289 e. The van der Waals surface area contributed by atoms with Gasteiger partial charge in [-0.3, -0.25) is 14.4 Å². The summed E-state index contributed by atoms with van der Waals surface area (Å²) in [5.41, 5.74) is 0.0157. The lowest BCUT2D eigenvalue weighted by atomic mass is 10.3. The molecule has 0 aliphatic rings. The molecule has 2 aromatic rings. The van der Waals surface area contributed by atoms with Gasteiger partial charge in [0.2, 0.25) is 0 Å². The van der Waals surface area contributed by atoms with Crippen molar-refractivity contribution in [2.75, 3.05) is 10.8 Å². The summed E-state index contributed by atoms with van der Waals surface area (Å²) in [6, 6.07) is 12.0. The lowest BCUT2D eigenvalue weighted by Crippen LogP contribution is -2.31. The number of hydrogen-bond donors (Lipinski definition) is 0. The Labute approximate surface area is 136 Å². The second kappa shape index (κ2) is 6.45. The van der Waals surface area contributed by atoms with Crippen LogP contribution in [0.3, 0.4) is 0 Å². The molecular formula is C14H13BrN2O4S. The molecule has 2 rings (SSSR count). The smallest absolute Gasteiger partial charge is 0.266 e. The average molecular weight is 385 g/mol. The Bertz CT molecular complexity index is 791. The van der Waals surface area contributed by atoms with Crippen molar-refractivity contribution in [1.29, 1.82) is 0 Å². The Morgan fingerprint density at radius 3 is 2.27 bits per heavy atom. The zero-order valence-corrected chi connectivity index (χ0v) is 14.0. The summed E-state index contributed by atoms with van der Waals surface area (Å²) in [5.74, 6) is 0. The summed E-state index contributed by atoms with van der Waals surface area (Å²) in [6.07, 6.45) is 0. The molecule has 0 bridgehead atoms. The summed E-state index contributed by atoms with van der Waals surface area (Å²) in [5, 5.41) is 11.1. The van der Waals surface area contributed by atoms with Gasteiger partial charge in [0.05, 0.1) is 10.6 Å². The second-order valence-electron chi connectivity index (χ2n) is 4.37. The van der Waals surface area contributed by atoms with Gasteiger partial charge in [-0.2, -0.15) is 0 Å². The lowest BCUT2D eigenvalue weighted by molar-refractivity contribution is -0.387. The van der Waals surface area contributed by atoms with Gasteiger partial charge in [0.15, 0.2) is 4.90 Å². The van der Waals surface area contributed by atoms with Crippen LogP contribution in [0.4, 0.5) is 11.4 Å². The molecule has 0 fully saturated rings. The van der Waals surface area contributed by atoms with Gasteiger partial charge < -0.3 is 0 Å². The molecule has 0 aromatic heterocycles. The molecule has 0 unspecified atom stereocenters. The maximum Gasteiger partial charge on any atom is 0.289 e. The van der Waals surface area contributed by atoms with E-state index in [9.17, 15) is 18.5 Å². The van der Waals surface area contributed by atoms with Crippen molar-refractivity contribution in [3.63, 3.8) is 0 Å². The van der Waals surface area contributed by atoms with E-state index in [-0.39, 0.29) is 11.4 Å². The molecule has 6 nitrogen and oxygen atoms in total. The number of benzene rings is 2. The predicted octanol–water partition coefficient (Wildman–Crippen LogP) is 3.57. The predicted molar refractivity (Wildman–Crippen MR) is 87.4 cm³/mol. The van der Waals surface area contributed by atoms with Crippen LogP contribution < -0.4 is 4.31 Å². The summed E-state index contributed by atoms with van der Waals surface area (Å²) >= 11 is 3.29. The molecule has 0 aliphatic heterocycles. The van der Waals surface area contributed by atoms with Crippen LogP contribution in [0.15, 0.2) is 57.9 Å². The van der Waals surface area contributed by atoms with Crippen molar-refractivity contribution < 1.29 is 13.3 Å². The summed E-state index contributed by atoms with van der Waals surface area (Å²) in [4.78, 5) is 10.1. The van der Waals surface area contributed by atoms with E-state index in [4.69, 9.17) is 0 Å². The topological polar surface area (TPSA) is 80.5 Å². The SMILES string of the molecule is CCN(c1ccc(Br)cc1)S(=O)(=O)c1ccccc1[N+](=O)[O-]. The number of nitro groups is 1. The minimum atomic E-state index is -4.02. The highest BCUT2D eigenvalue weighted by Gasteiger charge is 2.30. The fraction of sp³-hybridized carbons (Fsp3) is 0.143. The molecule has 0 heterocycles. The molecule has 0 spiro atoms. The van der Waals surface area contributed by atoms with Gasteiger partial charge in [-0.25, -0.2) is 8.42 Å². The van der Waals surface area contributed by atoms with Crippen molar-refractivity contribution in [3.8, 4) is 0 Å². The van der Waals surface area contributed by atoms with Gasteiger partial charge >= 0.3 is 0 Å². The van der Waals surface area contributed by atoms with Crippen molar-refractivity contribution in [3.05, 3.63) is 63.1 Å². The minimum absolute atomic E-state index is 0.163. The minimum Gasteiger partial charge on any atom is -0.266 e. The number of anilines is 1. The maximum absolute atomic E-state index is 12.8. The average Bonchev–Trinajstić information content (AvgIpc) is 2.49. The van der Waals surface area contributed by atoms with Crippen molar-refractivity contribution in [2.24, 2.45) is 0 Å². The standard InChI is InChI=1S/C14H13BrN2O4S/c1-2-16(12-9-7-11(15)8-10-12)22(20,21)14-6-4-3-5-13(14)17(18)19/h3-10H,2H2,1H3. The maximum atomic E-state index is 12.8. The van der Waals surface area contributed by atoms with Crippen molar-refractivity contribution in [1.82, 2.24) is 0 Å². The highest BCUT2D eigenvalue weighted by molar-refractivity contribution is 9.10. The molecular weight excluding hydrogens is 372 g/mol. The molecule has 0 atom stereocenters. The van der Waals surface area contributed by atoms with E-state index < -0.39 is 20.6 Å². The van der Waals surface area contributed by atoms with Crippen molar-refractivity contribution in [2.45, 2.75) is 11.8 Å². The molecule has 22 heavy (non-hydrogen) atoms. The number of para-hydroxylation sites is 1. The van der Waals surface area contributed by atoms with E-state index in [1.165, 1.54) is 24.3 Å². The highest BCUT2D eigenvalue weighted by Crippen LogP contribution is 2.30. The van der Waals surface area contributed by atoms with Crippen LogP contribution in [-0.4, -0.2) is 19.9 Å². The highest BCUT2D eigenvalue weighted by atomic mass is 79.9. The Morgan fingerprint density at radius 1 is 1.14 bits per heavy atom. The third-order valence-electron chi connectivity index (χ3n) is 3.03. The van der Waals surface area contributed by atoms with E-state index in [1.807, 2.05) is 0 Å². The molecule has 2 aromatic carbocycles. The first-order valence-corrected chi connectivity index (χ1v) is 8.63. The Hall–Kier alpha value is -1.93.